The van der Waals surface area contributed by atoms with Crippen molar-refractivity contribution in [3.05, 3.63) is 47.8 Å². The summed E-state index contributed by atoms with van der Waals surface area (Å²) < 4.78 is 0. The van der Waals surface area contributed by atoms with Crippen molar-refractivity contribution in [2.24, 2.45) is 0 Å². The molecule has 2 aromatic heterocycles. The third-order valence-electron chi connectivity index (χ3n) is 5.79. The molecule has 29 heavy (non-hydrogen) atoms. The Morgan fingerprint density at radius 2 is 1.83 bits per heavy atom. The van der Waals surface area contributed by atoms with Gasteiger partial charge in [-0.05, 0) is 49.4 Å². The summed E-state index contributed by atoms with van der Waals surface area (Å²) in [7, 11) is 0. The van der Waals surface area contributed by atoms with Crippen molar-refractivity contribution in [2.75, 3.05) is 18.0 Å². The number of aromatic nitrogens is 2. The van der Waals surface area contributed by atoms with Crippen molar-refractivity contribution < 1.29 is 4.79 Å². The van der Waals surface area contributed by atoms with Crippen LogP contribution in [-0.2, 0) is 6.54 Å². The fraction of sp³-hybridized carbons (Fsp3) is 0.522. The lowest BCUT2D eigenvalue weighted by Crippen LogP contribution is -2.25. The quantitative estimate of drug-likeness (QED) is 0.740. The molecule has 0 radical (unpaired) electrons. The fourth-order valence-electron chi connectivity index (χ4n) is 4.11. The number of hydrogen-bond acceptors (Lipinski definition) is 5. The minimum Gasteiger partial charge on any atom is -0.357 e. The van der Waals surface area contributed by atoms with Crippen molar-refractivity contribution in [3.8, 4) is 0 Å². The maximum absolute atomic E-state index is 12.8. The Kier molecular flexibility index (Phi) is 7.04. The van der Waals surface area contributed by atoms with E-state index in [1.54, 1.807) is 18.0 Å². The topological polar surface area (TPSA) is 58.1 Å². The lowest BCUT2D eigenvalue weighted by atomic mass is 10.2. The van der Waals surface area contributed by atoms with Crippen molar-refractivity contribution >= 4 is 23.5 Å². The minimum atomic E-state index is -0.0600. The van der Waals surface area contributed by atoms with Crippen LogP contribution in [0.4, 0.5) is 5.82 Å². The highest BCUT2D eigenvalue weighted by Crippen LogP contribution is 2.35. The number of carbonyl (C=O) groups excluding carboxylic acids is 1. The first-order chi connectivity index (χ1) is 14.3. The Morgan fingerprint density at radius 1 is 1.03 bits per heavy atom. The molecule has 1 amide bonds. The summed E-state index contributed by atoms with van der Waals surface area (Å²) >= 11 is 1.76. The van der Waals surface area contributed by atoms with E-state index in [4.69, 9.17) is 0 Å². The molecule has 1 aliphatic heterocycles. The van der Waals surface area contributed by atoms with Crippen LogP contribution in [0.3, 0.4) is 0 Å². The van der Waals surface area contributed by atoms with E-state index in [0.29, 0.717) is 17.4 Å². The number of pyridine rings is 2. The number of carbonyl (C=O) groups is 1. The van der Waals surface area contributed by atoms with Crippen LogP contribution in [0.15, 0.2) is 41.7 Å². The molecule has 1 saturated heterocycles. The first-order valence-electron chi connectivity index (χ1n) is 10.9. The highest BCUT2D eigenvalue weighted by molar-refractivity contribution is 7.99. The van der Waals surface area contributed by atoms with Crippen LogP contribution in [0, 0.1) is 0 Å². The molecule has 0 unspecified atom stereocenters. The number of rotatable bonds is 6. The predicted molar refractivity (Wildman–Crippen MR) is 118 cm³/mol. The normalized spacial score (nSPS) is 17.9. The van der Waals surface area contributed by atoms with Crippen LogP contribution in [0.5, 0.6) is 0 Å². The summed E-state index contributed by atoms with van der Waals surface area (Å²) in [6.07, 6.45) is 13.8. The van der Waals surface area contributed by atoms with Gasteiger partial charge in [-0.25, -0.2) is 9.97 Å². The van der Waals surface area contributed by atoms with Gasteiger partial charge < -0.3 is 10.2 Å². The molecule has 2 fully saturated rings. The summed E-state index contributed by atoms with van der Waals surface area (Å²) in [6, 6.07) is 7.87. The summed E-state index contributed by atoms with van der Waals surface area (Å²) in [4.78, 5) is 24.3. The molecule has 0 aromatic carbocycles. The second kappa shape index (κ2) is 10.1. The molecule has 2 aliphatic rings. The van der Waals surface area contributed by atoms with E-state index in [2.05, 4.69) is 32.3 Å². The van der Waals surface area contributed by atoms with Crippen molar-refractivity contribution in [1.82, 2.24) is 15.3 Å². The van der Waals surface area contributed by atoms with Gasteiger partial charge in [-0.3, -0.25) is 4.79 Å². The van der Waals surface area contributed by atoms with Gasteiger partial charge in [0.25, 0.3) is 5.91 Å². The van der Waals surface area contributed by atoms with Crippen LogP contribution in [0.2, 0.25) is 0 Å². The van der Waals surface area contributed by atoms with E-state index in [9.17, 15) is 4.79 Å². The van der Waals surface area contributed by atoms with E-state index in [1.165, 1.54) is 51.4 Å². The molecular weight excluding hydrogens is 380 g/mol. The van der Waals surface area contributed by atoms with Crippen molar-refractivity contribution in [3.63, 3.8) is 0 Å². The van der Waals surface area contributed by atoms with E-state index < -0.39 is 0 Å². The number of amides is 1. The summed E-state index contributed by atoms with van der Waals surface area (Å²) in [5, 5.41) is 4.49. The van der Waals surface area contributed by atoms with Crippen molar-refractivity contribution in [1.29, 1.82) is 0 Å². The molecule has 2 aromatic rings. The van der Waals surface area contributed by atoms with Gasteiger partial charge in [0.15, 0.2) is 0 Å². The van der Waals surface area contributed by atoms with Gasteiger partial charge in [-0.2, -0.15) is 0 Å². The summed E-state index contributed by atoms with van der Waals surface area (Å²) in [5.74, 6) is 0.986. The second-order valence-electron chi connectivity index (χ2n) is 7.99. The molecule has 6 heteroatoms. The Labute approximate surface area is 177 Å². The highest BCUT2D eigenvalue weighted by Gasteiger charge is 2.20. The molecule has 1 saturated carbocycles. The Balaban J connectivity index is 1.34. The van der Waals surface area contributed by atoms with E-state index in [-0.39, 0.29) is 5.91 Å². The van der Waals surface area contributed by atoms with E-state index in [0.717, 1.165) is 29.5 Å². The molecule has 3 heterocycles. The zero-order chi connectivity index (χ0) is 19.9. The largest absolute Gasteiger partial charge is 0.357 e. The number of anilines is 1. The summed E-state index contributed by atoms with van der Waals surface area (Å²) in [6.45, 7) is 2.66. The van der Waals surface area contributed by atoms with Crippen LogP contribution < -0.4 is 10.2 Å². The number of hydrogen-bond donors (Lipinski definition) is 1. The molecule has 0 bridgehead atoms. The number of nitrogens with one attached hydrogen (secondary N) is 1. The molecule has 154 valence electrons. The van der Waals surface area contributed by atoms with Gasteiger partial charge in [-0.15, -0.1) is 11.8 Å². The molecule has 0 atom stereocenters. The third kappa shape index (κ3) is 5.50. The van der Waals surface area contributed by atoms with Gasteiger partial charge in [0.1, 0.15) is 10.8 Å². The Morgan fingerprint density at radius 3 is 2.55 bits per heavy atom. The zero-order valence-electron chi connectivity index (χ0n) is 17.0. The van der Waals surface area contributed by atoms with E-state index >= 15 is 0 Å². The third-order valence-corrected chi connectivity index (χ3v) is 7.14. The molecule has 1 aliphatic carbocycles. The Hall–Kier alpha value is -2.08. The SMILES string of the molecule is O=C(NCc1ccc(N2CCCCCC2)nc1)c1cccnc1SC1CCCC1. The van der Waals surface area contributed by atoms with Crippen LogP contribution in [0.1, 0.15) is 67.3 Å². The minimum absolute atomic E-state index is 0.0600. The number of nitrogens with zero attached hydrogens (tertiary/aromatic N) is 3. The second-order valence-corrected chi connectivity index (χ2v) is 9.28. The molecular formula is C23H30N4OS. The van der Waals surface area contributed by atoms with Crippen LogP contribution in [-0.4, -0.2) is 34.2 Å². The molecule has 5 nitrogen and oxygen atoms in total. The van der Waals surface area contributed by atoms with Gasteiger partial charge in [0.2, 0.25) is 0 Å². The zero-order valence-corrected chi connectivity index (χ0v) is 17.8. The summed E-state index contributed by atoms with van der Waals surface area (Å²) in [5.41, 5.74) is 1.70. The van der Waals surface area contributed by atoms with Crippen LogP contribution in [0.25, 0.3) is 0 Å². The van der Waals surface area contributed by atoms with E-state index in [1.807, 2.05) is 18.3 Å². The molecule has 4 rings (SSSR count). The average molecular weight is 411 g/mol. The highest BCUT2D eigenvalue weighted by atomic mass is 32.2. The lowest BCUT2D eigenvalue weighted by Gasteiger charge is -2.21. The molecule has 1 N–H and O–H groups in total. The smallest absolute Gasteiger partial charge is 0.254 e. The fourth-order valence-corrected chi connectivity index (χ4v) is 5.40. The number of thioether (sulfide) groups is 1. The van der Waals surface area contributed by atoms with Crippen molar-refractivity contribution in [2.45, 2.75) is 68.2 Å². The monoisotopic (exact) mass is 410 g/mol. The van der Waals surface area contributed by atoms with Gasteiger partial charge in [0.05, 0.1) is 5.56 Å². The maximum atomic E-state index is 12.8. The lowest BCUT2D eigenvalue weighted by molar-refractivity contribution is 0.0947. The van der Waals surface area contributed by atoms with Gasteiger partial charge in [0, 0.05) is 37.3 Å². The maximum Gasteiger partial charge on any atom is 0.254 e. The Bertz CT molecular complexity index is 797. The average Bonchev–Trinajstić information content (AvgIpc) is 3.12. The first kappa shape index (κ1) is 20.2. The standard InChI is InChI=1S/C23H30N4OS/c28-22(20-10-7-13-24-23(20)29-19-8-3-4-9-19)26-17-18-11-12-21(25-16-18)27-14-5-1-2-6-15-27/h7,10-13,16,19H,1-6,8-9,14-15,17H2,(H,26,28). The van der Waals surface area contributed by atoms with Crippen LogP contribution >= 0.6 is 11.8 Å². The van der Waals surface area contributed by atoms with Gasteiger partial charge >= 0.3 is 0 Å². The first-order valence-corrected chi connectivity index (χ1v) is 11.8. The molecule has 0 spiro atoms. The predicted octanol–water partition coefficient (Wildman–Crippen LogP) is 4.82. The van der Waals surface area contributed by atoms with Gasteiger partial charge in [-0.1, -0.05) is 31.7 Å².